The molecule has 7 nitrogen and oxygen atoms in total. The molecule has 0 bridgehead atoms. The molecule has 0 unspecified atom stereocenters. The molecular weight excluding hydrogens is 348 g/mol. The van der Waals surface area contributed by atoms with Gasteiger partial charge < -0.3 is 15.2 Å². The minimum Gasteiger partial charge on any atom is -0.457 e. The van der Waals surface area contributed by atoms with Crippen LogP contribution in [-0.2, 0) is 6.61 Å². The highest BCUT2D eigenvalue weighted by Gasteiger charge is 2.15. The van der Waals surface area contributed by atoms with Gasteiger partial charge in [-0.3, -0.25) is 14.9 Å². The summed E-state index contributed by atoms with van der Waals surface area (Å²) in [5, 5.41) is 22.9. The second-order valence-corrected chi connectivity index (χ2v) is 5.62. The van der Waals surface area contributed by atoms with Crippen molar-refractivity contribution < 1.29 is 19.6 Å². The van der Waals surface area contributed by atoms with Crippen LogP contribution in [0.25, 0.3) is 0 Å². The van der Waals surface area contributed by atoms with Crippen LogP contribution < -0.4 is 10.1 Å². The highest BCUT2D eigenvalue weighted by molar-refractivity contribution is 6.06. The normalized spacial score (nSPS) is 10.3. The van der Waals surface area contributed by atoms with Crippen molar-refractivity contribution in [2.24, 2.45) is 0 Å². The molecule has 136 valence electrons. The Bertz CT molecular complexity index is 970. The summed E-state index contributed by atoms with van der Waals surface area (Å²) < 4.78 is 5.73. The first-order chi connectivity index (χ1) is 13.1. The molecule has 0 aliphatic heterocycles. The van der Waals surface area contributed by atoms with E-state index in [1.54, 1.807) is 48.5 Å². The highest BCUT2D eigenvalue weighted by atomic mass is 16.6. The number of amides is 1. The molecule has 0 saturated heterocycles. The molecule has 3 aromatic carbocycles. The monoisotopic (exact) mass is 364 g/mol. The fourth-order valence-electron chi connectivity index (χ4n) is 2.48. The van der Waals surface area contributed by atoms with Crippen molar-refractivity contribution in [1.82, 2.24) is 0 Å². The summed E-state index contributed by atoms with van der Waals surface area (Å²) in [6.45, 7) is -0.197. The van der Waals surface area contributed by atoms with Gasteiger partial charge in [0.25, 0.3) is 11.6 Å². The lowest BCUT2D eigenvalue weighted by molar-refractivity contribution is -0.384. The number of aliphatic hydroxyl groups is 1. The lowest BCUT2D eigenvalue weighted by Gasteiger charge is -2.13. The number of non-ortho nitro benzene ring substituents is 1. The molecule has 27 heavy (non-hydrogen) atoms. The quantitative estimate of drug-likeness (QED) is 0.506. The molecule has 0 heterocycles. The first-order valence-corrected chi connectivity index (χ1v) is 8.10. The number of nitro groups is 1. The van der Waals surface area contributed by atoms with E-state index in [2.05, 4.69) is 5.32 Å². The summed E-state index contributed by atoms with van der Waals surface area (Å²) in [6, 6.07) is 19.2. The molecule has 0 radical (unpaired) electrons. The fraction of sp³-hybridized carbons (Fsp3) is 0.0500. The maximum Gasteiger partial charge on any atom is 0.269 e. The van der Waals surface area contributed by atoms with Gasteiger partial charge in [-0.25, -0.2) is 0 Å². The van der Waals surface area contributed by atoms with Gasteiger partial charge in [0.15, 0.2) is 0 Å². The number of rotatable bonds is 6. The molecule has 0 atom stereocenters. The fourth-order valence-corrected chi connectivity index (χ4v) is 2.48. The Labute approximate surface area is 155 Å². The second-order valence-electron chi connectivity index (χ2n) is 5.62. The Morgan fingerprint density at radius 3 is 2.37 bits per heavy atom. The molecule has 3 aromatic rings. The van der Waals surface area contributed by atoms with Crippen LogP contribution in [0.4, 0.5) is 11.4 Å². The number of nitro benzene ring substituents is 1. The summed E-state index contributed by atoms with van der Waals surface area (Å²) >= 11 is 0. The van der Waals surface area contributed by atoms with E-state index in [0.29, 0.717) is 28.3 Å². The molecule has 0 saturated carbocycles. The Balaban J connectivity index is 1.83. The van der Waals surface area contributed by atoms with Crippen molar-refractivity contribution in [3.63, 3.8) is 0 Å². The van der Waals surface area contributed by atoms with Crippen molar-refractivity contribution in [3.05, 3.63) is 94.0 Å². The van der Waals surface area contributed by atoms with Crippen LogP contribution in [0, 0.1) is 10.1 Å². The van der Waals surface area contributed by atoms with Crippen molar-refractivity contribution in [3.8, 4) is 11.5 Å². The number of para-hydroxylation sites is 2. The van der Waals surface area contributed by atoms with Gasteiger partial charge in [0.2, 0.25) is 0 Å². The lowest BCUT2D eigenvalue weighted by Crippen LogP contribution is -2.14. The first kappa shape index (κ1) is 18.1. The van der Waals surface area contributed by atoms with Crippen molar-refractivity contribution in [2.75, 3.05) is 5.32 Å². The third-order valence-corrected chi connectivity index (χ3v) is 3.84. The van der Waals surface area contributed by atoms with E-state index in [1.165, 1.54) is 24.3 Å². The van der Waals surface area contributed by atoms with E-state index in [9.17, 15) is 20.0 Å². The van der Waals surface area contributed by atoms with Gasteiger partial charge in [0.05, 0.1) is 17.1 Å². The Kier molecular flexibility index (Phi) is 5.44. The molecule has 2 N–H and O–H groups in total. The SMILES string of the molecule is O=C(Nc1ccccc1CO)c1ccccc1Oc1ccc([N+](=O)[O-])cc1. The van der Waals surface area contributed by atoms with Crippen LogP contribution in [0.1, 0.15) is 15.9 Å². The predicted molar refractivity (Wildman–Crippen MR) is 99.9 cm³/mol. The van der Waals surface area contributed by atoms with E-state index in [1.807, 2.05) is 0 Å². The second kappa shape index (κ2) is 8.11. The molecule has 0 spiro atoms. The standard InChI is InChI=1S/C20H16N2O5/c23-13-14-5-1-3-7-18(14)21-20(24)17-6-2-4-8-19(17)27-16-11-9-15(10-12-16)22(25)26/h1-12,23H,13H2,(H,21,24). The molecule has 0 fully saturated rings. The molecule has 3 rings (SSSR count). The van der Waals surface area contributed by atoms with Gasteiger partial charge in [-0.15, -0.1) is 0 Å². The van der Waals surface area contributed by atoms with Gasteiger partial charge >= 0.3 is 0 Å². The largest absolute Gasteiger partial charge is 0.457 e. The molecule has 0 aliphatic rings. The van der Waals surface area contributed by atoms with Crippen molar-refractivity contribution >= 4 is 17.3 Å². The van der Waals surface area contributed by atoms with Crippen molar-refractivity contribution in [2.45, 2.75) is 6.61 Å². The number of nitrogens with one attached hydrogen (secondary N) is 1. The third kappa shape index (κ3) is 4.28. The summed E-state index contributed by atoms with van der Waals surface area (Å²) in [4.78, 5) is 22.9. The number of anilines is 1. The lowest BCUT2D eigenvalue weighted by atomic mass is 10.1. The number of carbonyl (C=O) groups is 1. The Hall–Kier alpha value is -3.71. The van der Waals surface area contributed by atoms with Crippen LogP contribution in [0.2, 0.25) is 0 Å². The number of benzene rings is 3. The van der Waals surface area contributed by atoms with Crippen LogP contribution in [0.15, 0.2) is 72.8 Å². The van der Waals surface area contributed by atoms with Gasteiger partial charge in [0, 0.05) is 23.4 Å². The number of hydrogen-bond acceptors (Lipinski definition) is 5. The van der Waals surface area contributed by atoms with Crippen LogP contribution in [0.3, 0.4) is 0 Å². The van der Waals surface area contributed by atoms with Gasteiger partial charge in [-0.1, -0.05) is 30.3 Å². The third-order valence-electron chi connectivity index (χ3n) is 3.84. The molecular formula is C20H16N2O5. The Morgan fingerprint density at radius 1 is 1.00 bits per heavy atom. The molecule has 0 aromatic heterocycles. The zero-order valence-corrected chi connectivity index (χ0v) is 14.2. The van der Waals surface area contributed by atoms with E-state index in [-0.39, 0.29) is 12.3 Å². The van der Waals surface area contributed by atoms with E-state index < -0.39 is 10.8 Å². The van der Waals surface area contributed by atoms with Crippen LogP contribution in [0.5, 0.6) is 11.5 Å². The zero-order chi connectivity index (χ0) is 19.2. The first-order valence-electron chi connectivity index (χ1n) is 8.10. The van der Waals surface area contributed by atoms with E-state index in [0.717, 1.165) is 0 Å². The number of nitrogens with zero attached hydrogens (tertiary/aromatic N) is 1. The topological polar surface area (TPSA) is 102 Å². The zero-order valence-electron chi connectivity index (χ0n) is 14.2. The van der Waals surface area contributed by atoms with Crippen LogP contribution >= 0.6 is 0 Å². The van der Waals surface area contributed by atoms with Gasteiger partial charge in [-0.2, -0.15) is 0 Å². The number of ether oxygens (including phenoxy) is 1. The average Bonchev–Trinajstić information content (AvgIpc) is 2.69. The van der Waals surface area contributed by atoms with E-state index >= 15 is 0 Å². The highest BCUT2D eigenvalue weighted by Crippen LogP contribution is 2.28. The summed E-state index contributed by atoms with van der Waals surface area (Å²) in [6.07, 6.45) is 0. The summed E-state index contributed by atoms with van der Waals surface area (Å²) in [5.74, 6) is 0.287. The maximum absolute atomic E-state index is 12.7. The average molecular weight is 364 g/mol. The van der Waals surface area contributed by atoms with Crippen molar-refractivity contribution in [1.29, 1.82) is 0 Å². The van der Waals surface area contributed by atoms with Gasteiger partial charge in [0.1, 0.15) is 11.5 Å². The predicted octanol–water partition coefficient (Wildman–Crippen LogP) is 4.13. The van der Waals surface area contributed by atoms with Gasteiger partial charge in [-0.05, 0) is 30.3 Å². The number of hydrogen-bond donors (Lipinski definition) is 2. The maximum atomic E-state index is 12.7. The minimum atomic E-state index is -0.496. The molecule has 1 amide bonds. The number of aliphatic hydroxyl groups excluding tert-OH is 1. The summed E-state index contributed by atoms with van der Waals surface area (Å²) in [5.41, 5.74) is 1.35. The molecule has 0 aliphatic carbocycles. The van der Waals surface area contributed by atoms with E-state index in [4.69, 9.17) is 4.74 Å². The number of carbonyl (C=O) groups excluding carboxylic acids is 1. The molecule has 7 heteroatoms. The van der Waals surface area contributed by atoms with Crippen LogP contribution in [-0.4, -0.2) is 15.9 Å². The summed E-state index contributed by atoms with van der Waals surface area (Å²) in [7, 11) is 0. The Morgan fingerprint density at radius 2 is 1.67 bits per heavy atom. The smallest absolute Gasteiger partial charge is 0.269 e. The minimum absolute atomic E-state index is 0.0472.